The van der Waals surface area contributed by atoms with E-state index in [2.05, 4.69) is 15.1 Å². The lowest BCUT2D eigenvalue weighted by Gasteiger charge is -2.37. The second kappa shape index (κ2) is 6.99. The van der Waals surface area contributed by atoms with Gasteiger partial charge in [0.1, 0.15) is 0 Å². The predicted molar refractivity (Wildman–Crippen MR) is 74.5 cm³/mol. The maximum Gasteiger partial charge on any atom is 0.0634 e. The van der Waals surface area contributed by atoms with E-state index >= 15 is 0 Å². The van der Waals surface area contributed by atoms with Crippen LogP contribution < -0.4 is 5.32 Å². The highest BCUT2D eigenvalue weighted by Crippen LogP contribution is 2.19. The molecule has 3 fully saturated rings. The summed E-state index contributed by atoms with van der Waals surface area (Å²) in [5, 5.41) is 3.64. The van der Waals surface area contributed by atoms with Crippen molar-refractivity contribution in [3.63, 3.8) is 0 Å². The van der Waals surface area contributed by atoms with Gasteiger partial charge >= 0.3 is 0 Å². The van der Waals surface area contributed by atoms with E-state index in [0.717, 1.165) is 58.6 Å². The fourth-order valence-electron chi connectivity index (χ4n) is 2.86. The summed E-state index contributed by atoms with van der Waals surface area (Å²) < 4.78 is 11.0. The molecule has 0 bridgehead atoms. The molecular formula is C14H27N3O2. The highest BCUT2D eigenvalue weighted by Gasteiger charge is 2.27. The van der Waals surface area contributed by atoms with Gasteiger partial charge in [0.05, 0.1) is 26.4 Å². The third kappa shape index (κ3) is 4.39. The molecule has 1 aliphatic carbocycles. The zero-order valence-corrected chi connectivity index (χ0v) is 11.9. The molecule has 5 nitrogen and oxygen atoms in total. The summed E-state index contributed by atoms with van der Waals surface area (Å²) in [4.78, 5) is 5.12. The van der Waals surface area contributed by atoms with Crippen LogP contribution >= 0.6 is 0 Å². The summed E-state index contributed by atoms with van der Waals surface area (Å²) in [6.45, 7) is 10.3. The highest BCUT2D eigenvalue weighted by atomic mass is 16.5. The minimum atomic E-state index is 0.565. The molecule has 2 aliphatic heterocycles. The Kier molecular flexibility index (Phi) is 5.07. The lowest BCUT2D eigenvalue weighted by Crippen LogP contribution is -2.53. The number of nitrogens with one attached hydrogen (secondary N) is 1. The molecule has 2 saturated heterocycles. The molecule has 0 radical (unpaired) electrons. The van der Waals surface area contributed by atoms with Crippen molar-refractivity contribution in [2.75, 3.05) is 65.7 Å². The Bertz CT molecular complexity index is 267. The van der Waals surface area contributed by atoms with Gasteiger partial charge in [0, 0.05) is 51.4 Å². The highest BCUT2D eigenvalue weighted by molar-refractivity contribution is 4.85. The van der Waals surface area contributed by atoms with E-state index in [1.807, 2.05) is 0 Å². The van der Waals surface area contributed by atoms with Crippen LogP contribution in [0, 0.1) is 0 Å². The SMILES string of the molecule is C1CN(CCN2CCOCC2CNC2CC2)CCO1. The van der Waals surface area contributed by atoms with E-state index in [1.54, 1.807) is 0 Å². The lowest BCUT2D eigenvalue weighted by atomic mass is 10.2. The van der Waals surface area contributed by atoms with Crippen molar-refractivity contribution in [1.29, 1.82) is 0 Å². The number of hydrogen-bond donors (Lipinski definition) is 1. The van der Waals surface area contributed by atoms with Crippen molar-refractivity contribution in [3.05, 3.63) is 0 Å². The van der Waals surface area contributed by atoms with Gasteiger partial charge in [-0.15, -0.1) is 0 Å². The number of morpholine rings is 2. The van der Waals surface area contributed by atoms with Crippen molar-refractivity contribution in [2.45, 2.75) is 24.9 Å². The molecule has 0 aromatic rings. The lowest BCUT2D eigenvalue weighted by molar-refractivity contribution is -0.0178. The summed E-state index contributed by atoms with van der Waals surface area (Å²) in [5.74, 6) is 0. The van der Waals surface area contributed by atoms with Crippen molar-refractivity contribution >= 4 is 0 Å². The molecular weight excluding hydrogens is 242 g/mol. The van der Waals surface area contributed by atoms with Crippen LogP contribution in [0.25, 0.3) is 0 Å². The van der Waals surface area contributed by atoms with Gasteiger partial charge in [0.2, 0.25) is 0 Å². The number of ether oxygens (including phenoxy) is 2. The molecule has 1 N–H and O–H groups in total. The van der Waals surface area contributed by atoms with Crippen LogP contribution in [0.5, 0.6) is 0 Å². The van der Waals surface area contributed by atoms with E-state index in [-0.39, 0.29) is 0 Å². The third-order valence-electron chi connectivity index (χ3n) is 4.38. The van der Waals surface area contributed by atoms with Crippen LogP contribution in [0.4, 0.5) is 0 Å². The largest absolute Gasteiger partial charge is 0.379 e. The van der Waals surface area contributed by atoms with Crippen molar-refractivity contribution in [2.24, 2.45) is 0 Å². The quantitative estimate of drug-likeness (QED) is 0.721. The second-order valence-electron chi connectivity index (χ2n) is 5.90. The van der Waals surface area contributed by atoms with Gasteiger partial charge in [-0.3, -0.25) is 9.80 Å². The molecule has 2 heterocycles. The monoisotopic (exact) mass is 269 g/mol. The zero-order chi connectivity index (χ0) is 12.9. The van der Waals surface area contributed by atoms with Crippen molar-refractivity contribution in [1.82, 2.24) is 15.1 Å². The van der Waals surface area contributed by atoms with E-state index in [4.69, 9.17) is 9.47 Å². The van der Waals surface area contributed by atoms with Crippen LogP contribution in [0.1, 0.15) is 12.8 Å². The van der Waals surface area contributed by atoms with Crippen LogP contribution in [-0.4, -0.2) is 87.6 Å². The summed E-state index contributed by atoms with van der Waals surface area (Å²) >= 11 is 0. The maximum absolute atomic E-state index is 5.64. The van der Waals surface area contributed by atoms with Crippen LogP contribution in [-0.2, 0) is 9.47 Å². The Labute approximate surface area is 116 Å². The molecule has 0 aromatic carbocycles. The molecule has 0 amide bonds. The first-order valence-corrected chi connectivity index (χ1v) is 7.77. The standard InChI is InChI=1S/C14H27N3O2/c1-2-13(1)15-11-14-12-19-10-7-17(14)4-3-16-5-8-18-9-6-16/h13-15H,1-12H2. The molecule has 1 saturated carbocycles. The first-order chi connectivity index (χ1) is 9.42. The number of nitrogens with zero attached hydrogens (tertiary/aromatic N) is 2. The van der Waals surface area contributed by atoms with Gasteiger partial charge in [-0.1, -0.05) is 0 Å². The summed E-state index contributed by atoms with van der Waals surface area (Å²) in [5.41, 5.74) is 0. The Hall–Kier alpha value is -0.200. The van der Waals surface area contributed by atoms with Crippen LogP contribution in [0.15, 0.2) is 0 Å². The van der Waals surface area contributed by atoms with E-state index < -0.39 is 0 Å². The molecule has 3 rings (SSSR count). The average Bonchev–Trinajstić information content (AvgIpc) is 3.29. The molecule has 0 aromatic heterocycles. The second-order valence-corrected chi connectivity index (χ2v) is 5.90. The van der Waals surface area contributed by atoms with Crippen LogP contribution in [0.2, 0.25) is 0 Å². The van der Waals surface area contributed by atoms with E-state index in [1.165, 1.54) is 25.9 Å². The molecule has 0 spiro atoms. The average molecular weight is 269 g/mol. The van der Waals surface area contributed by atoms with Crippen molar-refractivity contribution in [3.8, 4) is 0 Å². The van der Waals surface area contributed by atoms with Gasteiger partial charge in [-0.25, -0.2) is 0 Å². The maximum atomic E-state index is 5.64. The minimum Gasteiger partial charge on any atom is -0.379 e. The molecule has 110 valence electrons. The fraction of sp³-hybridized carbons (Fsp3) is 1.00. The van der Waals surface area contributed by atoms with Gasteiger partial charge in [-0.05, 0) is 12.8 Å². The summed E-state index contributed by atoms with van der Waals surface area (Å²) in [7, 11) is 0. The van der Waals surface area contributed by atoms with Gasteiger partial charge in [0.15, 0.2) is 0 Å². The number of rotatable bonds is 6. The Morgan fingerprint density at radius 1 is 0.947 bits per heavy atom. The smallest absolute Gasteiger partial charge is 0.0634 e. The Morgan fingerprint density at radius 3 is 2.53 bits per heavy atom. The summed E-state index contributed by atoms with van der Waals surface area (Å²) in [6, 6.07) is 1.36. The Morgan fingerprint density at radius 2 is 1.74 bits per heavy atom. The van der Waals surface area contributed by atoms with E-state index in [0.29, 0.717) is 6.04 Å². The van der Waals surface area contributed by atoms with Gasteiger partial charge in [-0.2, -0.15) is 0 Å². The van der Waals surface area contributed by atoms with Crippen LogP contribution in [0.3, 0.4) is 0 Å². The van der Waals surface area contributed by atoms with Gasteiger partial charge in [0.25, 0.3) is 0 Å². The topological polar surface area (TPSA) is 37.0 Å². The zero-order valence-electron chi connectivity index (χ0n) is 11.9. The Balaban J connectivity index is 1.40. The van der Waals surface area contributed by atoms with E-state index in [9.17, 15) is 0 Å². The first kappa shape index (κ1) is 13.8. The normalized spacial score (nSPS) is 30.6. The molecule has 1 unspecified atom stereocenters. The van der Waals surface area contributed by atoms with Crippen molar-refractivity contribution < 1.29 is 9.47 Å². The molecule has 3 aliphatic rings. The molecule has 5 heteroatoms. The molecule has 19 heavy (non-hydrogen) atoms. The third-order valence-corrected chi connectivity index (χ3v) is 4.38. The fourth-order valence-corrected chi connectivity index (χ4v) is 2.86. The first-order valence-electron chi connectivity index (χ1n) is 7.77. The minimum absolute atomic E-state index is 0.565. The van der Waals surface area contributed by atoms with Gasteiger partial charge < -0.3 is 14.8 Å². The number of hydrogen-bond acceptors (Lipinski definition) is 5. The predicted octanol–water partition coefficient (Wildman–Crippen LogP) is -0.229. The molecule has 1 atom stereocenters. The summed E-state index contributed by atoms with van der Waals surface area (Å²) in [6.07, 6.45) is 2.72.